The molecule has 21 heavy (non-hydrogen) atoms. The van der Waals surface area contributed by atoms with E-state index < -0.39 is 11.6 Å². The zero-order valence-electron chi connectivity index (χ0n) is 10.7. The van der Waals surface area contributed by atoms with Crippen molar-refractivity contribution in [3.63, 3.8) is 0 Å². The molecular weight excluding hydrogens is 364 g/mol. The molecule has 1 fully saturated rings. The molecule has 2 aromatic heterocycles. The maximum absolute atomic E-state index is 13.5. The van der Waals surface area contributed by atoms with Crippen LogP contribution in [0.1, 0.15) is 39.8 Å². The molecule has 8 heteroatoms. The van der Waals surface area contributed by atoms with E-state index in [1.807, 2.05) is 0 Å². The van der Waals surface area contributed by atoms with Crippen molar-refractivity contribution in [2.45, 2.75) is 25.3 Å². The van der Waals surface area contributed by atoms with Gasteiger partial charge in [-0.1, -0.05) is 0 Å². The highest BCUT2D eigenvalue weighted by Crippen LogP contribution is 2.43. The predicted octanol–water partition coefficient (Wildman–Crippen LogP) is 3.39. The fourth-order valence-electron chi connectivity index (χ4n) is 1.92. The van der Waals surface area contributed by atoms with Crippen LogP contribution in [-0.4, -0.2) is 15.9 Å². The number of thiazole rings is 1. The van der Waals surface area contributed by atoms with Crippen molar-refractivity contribution in [2.75, 3.05) is 0 Å². The molecule has 1 saturated carbocycles. The van der Waals surface area contributed by atoms with Crippen LogP contribution < -0.4 is 5.32 Å². The molecule has 1 aliphatic rings. The van der Waals surface area contributed by atoms with E-state index in [0.717, 1.165) is 30.8 Å². The van der Waals surface area contributed by atoms with E-state index in [9.17, 15) is 13.6 Å². The number of nitrogens with zero attached hydrogens (tertiary/aromatic N) is 2. The normalized spacial score (nSPS) is 14.2. The van der Waals surface area contributed by atoms with Crippen LogP contribution in [0.3, 0.4) is 0 Å². The summed E-state index contributed by atoms with van der Waals surface area (Å²) in [6.07, 6.45) is 2.98. The van der Waals surface area contributed by atoms with Crippen LogP contribution >= 0.6 is 27.3 Å². The Morgan fingerprint density at radius 3 is 2.90 bits per heavy atom. The molecule has 0 bridgehead atoms. The molecule has 0 aromatic carbocycles. The van der Waals surface area contributed by atoms with E-state index in [0.29, 0.717) is 14.7 Å². The van der Waals surface area contributed by atoms with Gasteiger partial charge in [0.25, 0.3) is 5.91 Å². The highest BCUT2D eigenvalue weighted by atomic mass is 79.9. The van der Waals surface area contributed by atoms with Crippen molar-refractivity contribution in [1.82, 2.24) is 15.3 Å². The second kappa shape index (κ2) is 5.76. The number of hydrogen-bond donors (Lipinski definition) is 1. The molecule has 3 rings (SSSR count). The van der Waals surface area contributed by atoms with Gasteiger partial charge >= 0.3 is 0 Å². The number of pyridine rings is 1. The third-order valence-electron chi connectivity index (χ3n) is 3.10. The Balaban J connectivity index is 1.72. The summed E-state index contributed by atoms with van der Waals surface area (Å²) < 4.78 is 26.9. The Morgan fingerprint density at radius 1 is 1.48 bits per heavy atom. The lowest BCUT2D eigenvalue weighted by atomic mass is 10.2. The molecule has 1 aliphatic carbocycles. The minimum absolute atomic E-state index is 0.00121. The van der Waals surface area contributed by atoms with Crippen LogP contribution in [0.2, 0.25) is 0 Å². The fraction of sp³-hybridized carbons (Fsp3) is 0.308. The van der Waals surface area contributed by atoms with E-state index in [1.54, 1.807) is 0 Å². The van der Waals surface area contributed by atoms with Crippen LogP contribution in [0, 0.1) is 11.6 Å². The van der Waals surface area contributed by atoms with Gasteiger partial charge in [-0.05, 0) is 28.8 Å². The Hall–Kier alpha value is -1.41. The molecule has 2 aromatic rings. The van der Waals surface area contributed by atoms with Gasteiger partial charge in [0.15, 0.2) is 3.92 Å². The van der Waals surface area contributed by atoms with Crippen LogP contribution in [0.5, 0.6) is 0 Å². The second-order valence-electron chi connectivity index (χ2n) is 4.72. The Morgan fingerprint density at radius 2 is 2.24 bits per heavy atom. The third-order valence-corrected chi connectivity index (χ3v) is 4.62. The molecule has 2 heterocycles. The molecule has 0 unspecified atom stereocenters. The summed E-state index contributed by atoms with van der Waals surface area (Å²) in [5.41, 5.74) is 0.790. The van der Waals surface area contributed by atoms with Crippen molar-refractivity contribution in [3.05, 3.63) is 44.1 Å². The molecule has 0 saturated heterocycles. The van der Waals surface area contributed by atoms with Crippen LogP contribution in [0.25, 0.3) is 0 Å². The molecule has 4 nitrogen and oxygen atoms in total. The number of aromatic nitrogens is 2. The zero-order valence-corrected chi connectivity index (χ0v) is 13.1. The molecule has 110 valence electrons. The summed E-state index contributed by atoms with van der Waals surface area (Å²) in [5.74, 6) is -1.49. The predicted molar refractivity (Wildman–Crippen MR) is 77.1 cm³/mol. The Labute approximate surface area is 131 Å². The van der Waals surface area contributed by atoms with Gasteiger partial charge in [-0.3, -0.25) is 9.78 Å². The number of amides is 1. The first kappa shape index (κ1) is 14.5. The minimum atomic E-state index is -0.775. The van der Waals surface area contributed by atoms with Crippen molar-refractivity contribution in [3.8, 4) is 0 Å². The van der Waals surface area contributed by atoms with Crippen LogP contribution in [0.4, 0.5) is 8.78 Å². The lowest BCUT2D eigenvalue weighted by Gasteiger charge is -2.05. The Kier molecular flexibility index (Phi) is 3.99. The Bertz CT molecular complexity index is 703. The first-order valence-electron chi connectivity index (χ1n) is 6.29. The summed E-state index contributed by atoms with van der Waals surface area (Å²) >= 11 is 4.53. The highest BCUT2D eigenvalue weighted by molar-refractivity contribution is 9.11. The summed E-state index contributed by atoms with van der Waals surface area (Å²) in [6.45, 7) is -0.0927. The van der Waals surface area contributed by atoms with Crippen LogP contribution in [-0.2, 0) is 6.54 Å². The molecule has 0 spiro atoms. The number of nitrogens with one attached hydrogen (secondary N) is 1. The van der Waals surface area contributed by atoms with Gasteiger partial charge in [-0.2, -0.15) is 0 Å². The maximum atomic E-state index is 13.5. The summed E-state index contributed by atoms with van der Waals surface area (Å²) in [7, 11) is 0. The first-order valence-corrected chi connectivity index (χ1v) is 7.90. The van der Waals surface area contributed by atoms with Gasteiger partial charge in [0.2, 0.25) is 0 Å². The number of carbonyl (C=O) groups excluding carboxylic acids is 1. The fourth-order valence-corrected chi connectivity index (χ4v) is 3.39. The van der Waals surface area contributed by atoms with Crippen molar-refractivity contribution in [2.24, 2.45) is 0 Å². The smallest absolute Gasteiger partial charge is 0.263 e. The quantitative estimate of drug-likeness (QED) is 0.893. The van der Waals surface area contributed by atoms with Gasteiger partial charge in [-0.15, -0.1) is 11.3 Å². The van der Waals surface area contributed by atoms with E-state index in [1.165, 1.54) is 11.3 Å². The molecular formula is C13H10BrF2N3OS. The monoisotopic (exact) mass is 373 g/mol. The van der Waals surface area contributed by atoms with Crippen molar-refractivity contribution in [1.29, 1.82) is 0 Å². The number of rotatable bonds is 4. The second-order valence-corrected chi connectivity index (χ2v) is 7.00. The summed E-state index contributed by atoms with van der Waals surface area (Å²) in [5, 5.41) is 2.60. The highest BCUT2D eigenvalue weighted by Gasteiger charge is 2.31. The standard InChI is InChI=1S/C13H10BrF2N3OS/c14-13-19-10(6-1-2-6)11(21-13)12(20)18-5-9-8(16)3-7(15)4-17-9/h3-4,6H,1-2,5H2,(H,18,20). The van der Waals surface area contributed by atoms with Gasteiger partial charge in [0.05, 0.1) is 24.1 Å². The first-order chi connectivity index (χ1) is 10.0. The maximum Gasteiger partial charge on any atom is 0.263 e. The van der Waals surface area contributed by atoms with Gasteiger partial charge in [-0.25, -0.2) is 13.8 Å². The molecule has 0 atom stereocenters. The largest absolute Gasteiger partial charge is 0.346 e. The lowest BCUT2D eigenvalue weighted by Crippen LogP contribution is -2.24. The lowest BCUT2D eigenvalue weighted by molar-refractivity contribution is 0.0953. The molecule has 0 aliphatic heterocycles. The van der Waals surface area contributed by atoms with Crippen molar-refractivity contribution < 1.29 is 13.6 Å². The van der Waals surface area contributed by atoms with Crippen molar-refractivity contribution >= 4 is 33.2 Å². The topological polar surface area (TPSA) is 54.9 Å². The minimum Gasteiger partial charge on any atom is -0.346 e. The van der Waals surface area contributed by atoms with Gasteiger partial charge in [0, 0.05) is 12.0 Å². The van der Waals surface area contributed by atoms with E-state index in [2.05, 4.69) is 31.2 Å². The zero-order chi connectivity index (χ0) is 15.0. The molecule has 1 amide bonds. The summed E-state index contributed by atoms with van der Waals surface area (Å²) in [6, 6.07) is 0.743. The van der Waals surface area contributed by atoms with E-state index in [-0.39, 0.29) is 18.1 Å². The number of hydrogen-bond acceptors (Lipinski definition) is 4. The average molecular weight is 374 g/mol. The summed E-state index contributed by atoms with van der Waals surface area (Å²) in [4.78, 5) is 20.7. The SMILES string of the molecule is O=C(NCc1ncc(F)cc1F)c1sc(Br)nc1C1CC1. The van der Waals surface area contributed by atoms with E-state index in [4.69, 9.17) is 0 Å². The molecule has 0 radical (unpaired) electrons. The average Bonchev–Trinajstić information content (AvgIpc) is 3.20. The third kappa shape index (κ3) is 3.26. The van der Waals surface area contributed by atoms with E-state index >= 15 is 0 Å². The van der Waals surface area contributed by atoms with Gasteiger partial charge < -0.3 is 5.32 Å². The van der Waals surface area contributed by atoms with Crippen LogP contribution in [0.15, 0.2) is 16.2 Å². The van der Waals surface area contributed by atoms with Gasteiger partial charge in [0.1, 0.15) is 16.5 Å². The number of carbonyl (C=O) groups is 1. The number of halogens is 3. The molecule has 1 N–H and O–H groups in total.